The molecule has 0 spiro atoms. The predicted molar refractivity (Wildman–Crippen MR) is 119 cm³/mol. The number of allylic oxidation sites excluding steroid dienone is 1. The number of para-hydroxylation sites is 1. The number of nitrogens with zero attached hydrogens (tertiary/aromatic N) is 1. The fourth-order valence-electron chi connectivity index (χ4n) is 3.75. The minimum Gasteiger partial charge on any atom is -0.439 e. The van der Waals surface area contributed by atoms with Crippen molar-refractivity contribution in [3.63, 3.8) is 0 Å². The fourth-order valence-corrected chi connectivity index (χ4v) is 5.01. The normalized spacial score (nSPS) is 15.1. The van der Waals surface area contributed by atoms with Crippen LogP contribution in [0.15, 0.2) is 84.3 Å². The van der Waals surface area contributed by atoms with Crippen LogP contribution in [0.3, 0.4) is 0 Å². The summed E-state index contributed by atoms with van der Waals surface area (Å²) in [7, 11) is 0. The number of carbonyl (C=O) groups excluding carboxylic acids is 1. The first kappa shape index (κ1) is 19.8. The third kappa shape index (κ3) is 3.27. The Morgan fingerprint density at radius 2 is 1.78 bits per heavy atom. The first-order valence-corrected chi connectivity index (χ1v) is 10.5. The summed E-state index contributed by atoms with van der Waals surface area (Å²) in [5.74, 6) is -0.715. The largest absolute Gasteiger partial charge is 0.439 e. The van der Waals surface area contributed by atoms with Crippen LogP contribution in [-0.4, -0.2) is 5.97 Å². The minimum atomic E-state index is -0.628. The Labute approximate surface area is 186 Å². The van der Waals surface area contributed by atoms with Crippen LogP contribution in [0.1, 0.15) is 26.7 Å². The molecule has 2 N–H and O–H groups in total. The molecule has 32 heavy (non-hydrogen) atoms. The molecule has 0 bridgehead atoms. The summed E-state index contributed by atoms with van der Waals surface area (Å²) >= 11 is 1.50. The highest BCUT2D eigenvalue weighted by Crippen LogP contribution is 2.51. The molecule has 7 heteroatoms. The van der Waals surface area contributed by atoms with Gasteiger partial charge in [0.15, 0.2) is 5.75 Å². The van der Waals surface area contributed by atoms with Gasteiger partial charge in [0.05, 0.1) is 16.4 Å². The Morgan fingerprint density at radius 1 is 1.06 bits per heavy atom. The van der Waals surface area contributed by atoms with Crippen LogP contribution in [0.5, 0.6) is 11.5 Å². The molecule has 1 aliphatic rings. The molecule has 2 heterocycles. The molecule has 0 aliphatic carbocycles. The number of carbonyl (C=O) groups is 1. The van der Waals surface area contributed by atoms with Gasteiger partial charge in [-0.15, -0.1) is 11.3 Å². The summed E-state index contributed by atoms with van der Waals surface area (Å²) in [5.41, 5.74) is 7.20. The molecule has 4 aromatic rings. The molecule has 1 unspecified atom stereocenters. The molecular weight excluding hydrogens is 427 g/mol. The Morgan fingerprint density at radius 3 is 2.56 bits per heavy atom. The van der Waals surface area contributed by atoms with E-state index in [-0.39, 0.29) is 22.8 Å². The summed E-state index contributed by atoms with van der Waals surface area (Å²) in [4.78, 5) is 13.5. The van der Waals surface area contributed by atoms with Crippen LogP contribution < -0.4 is 15.2 Å². The Balaban J connectivity index is 1.63. The number of halogens is 1. The molecular formula is C25H15FN2O3S. The third-order valence-electron chi connectivity index (χ3n) is 5.24. The monoisotopic (exact) mass is 442 g/mol. The van der Waals surface area contributed by atoms with Gasteiger partial charge in [0.25, 0.3) is 0 Å². The van der Waals surface area contributed by atoms with Gasteiger partial charge in [-0.2, -0.15) is 5.26 Å². The van der Waals surface area contributed by atoms with Crippen LogP contribution >= 0.6 is 11.3 Å². The average Bonchev–Trinajstić information content (AvgIpc) is 3.17. The molecule has 1 aliphatic heterocycles. The van der Waals surface area contributed by atoms with Gasteiger partial charge in [0.2, 0.25) is 5.88 Å². The second-order valence-electron chi connectivity index (χ2n) is 7.15. The highest BCUT2D eigenvalue weighted by atomic mass is 32.1. The van der Waals surface area contributed by atoms with Crippen molar-refractivity contribution in [2.24, 2.45) is 5.73 Å². The summed E-state index contributed by atoms with van der Waals surface area (Å²) in [6, 6.07) is 22.0. The zero-order valence-corrected chi connectivity index (χ0v) is 17.4. The Bertz CT molecular complexity index is 1430. The molecule has 0 saturated carbocycles. The van der Waals surface area contributed by atoms with Crippen molar-refractivity contribution in [1.82, 2.24) is 0 Å². The lowest BCUT2D eigenvalue weighted by Gasteiger charge is -2.25. The topological polar surface area (TPSA) is 85.3 Å². The van der Waals surface area contributed by atoms with Gasteiger partial charge in [0.1, 0.15) is 23.2 Å². The van der Waals surface area contributed by atoms with Gasteiger partial charge in [-0.3, -0.25) is 0 Å². The van der Waals surface area contributed by atoms with Crippen LogP contribution in [0, 0.1) is 17.1 Å². The lowest BCUT2D eigenvalue weighted by atomic mass is 9.87. The standard InChI is InChI=1S/C25H15FN2O3S/c26-15-11-9-14(10-12-15)25(29)30-19-7-3-1-5-16(19)21-18(13-27)24(28)31-22-17-6-2-4-8-20(17)32-23(21)22/h1-12,21H,28H2. The van der Waals surface area contributed by atoms with E-state index >= 15 is 0 Å². The summed E-state index contributed by atoms with van der Waals surface area (Å²) < 4.78 is 25.7. The maximum Gasteiger partial charge on any atom is 0.343 e. The number of ether oxygens (including phenoxy) is 2. The van der Waals surface area contributed by atoms with E-state index in [0.717, 1.165) is 15.0 Å². The molecule has 0 amide bonds. The highest BCUT2D eigenvalue weighted by Gasteiger charge is 2.35. The van der Waals surface area contributed by atoms with Crippen LogP contribution in [0.25, 0.3) is 10.1 Å². The van der Waals surface area contributed by atoms with E-state index in [1.54, 1.807) is 24.3 Å². The molecule has 3 aromatic carbocycles. The van der Waals surface area contributed by atoms with Crippen molar-refractivity contribution in [2.75, 3.05) is 0 Å². The number of benzene rings is 3. The molecule has 5 nitrogen and oxygen atoms in total. The number of hydrogen-bond acceptors (Lipinski definition) is 6. The lowest BCUT2D eigenvalue weighted by Crippen LogP contribution is -2.20. The van der Waals surface area contributed by atoms with Gasteiger partial charge in [0, 0.05) is 15.6 Å². The van der Waals surface area contributed by atoms with Gasteiger partial charge in [-0.25, -0.2) is 9.18 Å². The summed E-state index contributed by atoms with van der Waals surface area (Å²) in [5, 5.41) is 10.8. The number of thiophene rings is 1. The smallest absolute Gasteiger partial charge is 0.343 e. The number of hydrogen-bond donors (Lipinski definition) is 1. The zero-order valence-electron chi connectivity index (χ0n) is 16.5. The number of esters is 1. The van der Waals surface area contributed by atoms with Crippen molar-refractivity contribution < 1.29 is 18.7 Å². The number of nitrogens with two attached hydrogens (primary N) is 1. The van der Waals surface area contributed by atoms with E-state index in [1.807, 2.05) is 24.3 Å². The van der Waals surface area contributed by atoms with E-state index in [2.05, 4.69) is 6.07 Å². The lowest BCUT2D eigenvalue weighted by molar-refractivity contribution is 0.0733. The number of nitriles is 1. The summed E-state index contributed by atoms with van der Waals surface area (Å²) in [6.07, 6.45) is 0. The van der Waals surface area contributed by atoms with Gasteiger partial charge < -0.3 is 15.2 Å². The Kier molecular flexibility index (Phi) is 4.85. The van der Waals surface area contributed by atoms with Crippen molar-refractivity contribution >= 4 is 27.4 Å². The molecule has 1 aromatic heterocycles. The van der Waals surface area contributed by atoms with E-state index < -0.39 is 17.7 Å². The molecule has 1 atom stereocenters. The maximum absolute atomic E-state index is 13.2. The van der Waals surface area contributed by atoms with Crippen LogP contribution in [0.4, 0.5) is 4.39 Å². The van der Waals surface area contributed by atoms with Crippen LogP contribution in [0.2, 0.25) is 0 Å². The number of rotatable bonds is 3. The van der Waals surface area contributed by atoms with E-state index in [0.29, 0.717) is 11.3 Å². The highest BCUT2D eigenvalue weighted by molar-refractivity contribution is 7.19. The fraction of sp³-hybridized carbons (Fsp3) is 0.0400. The van der Waals surface area contributed by atoms with E-state index in [4.69, 9.17) is 15.2 Å². The SMILES string of the molecule is N#CC1=C(N)Oc2c(sc3ccccc23)C1c1ccccc1OC(=O)c1ccc(F)cc1. The number of fused-ring (bicyclic) bond motifs is 3. The summed E-state index contributed by atoms with van der Waals surface area (Å²) in [6.45, 7) is 0. The molecule has 5 rings (SSSR count). The van der Waals surface area contributed by atoms with Crippen LogP contribution in [-0.2, 0) is 0 Å². The van der Waals surface area contributed by atoms with Gasteiger partial charge in [-0.1, -0.05) is 30.3 Å². The molecule has 0 fully saturated rings. The van der Waals surface area contributed by atoms with E-state index in [1.165, 1.54) is 35.6 Å². The van der Waals surface area contributed by atoms with Crippen molar-refractivity contribution in [1.29, 1.82) is 5.26 Å². The third-order valence-corrected chi connectivity index (χ3v) is 6.45. The molecule has 0 radical (unpaired) electrons. The van der Waals surface area contributed by atoms with Gasteiger partial charge >= 0.3 is 5.97 Å². The minimum absolute atomic E-state index is 0.0215. The molecule has 156 valence electrons. The maximum atomic E-state index is 13.2. The second-order valence-corrected chi connectivity index (χ2v) is 8.23. The first-order valence-electron chi connectivity index (χ1n) is 9.72. The van der Waals surface area contributed by atoms with Crippen molar-refractivity contribution in [3.8, 4) is 17.6 Å². The first-order chi connectivity index (χ1) is 15.6. The zero-order chi connectivity index (χ0) is 22.2. The second kappa shape index (κ2) is 7.84. The van der Waals surface area contributed by atoms with Gasteiger partial charge in [-0.05, 0) is 42.5 Å². The van der Waals surface area contributed by atoms with Crippen molar-refractivity contribution in [3.05, 3.63) is 106 Å². The van der Waals surface area contributed by atoms with Crippen molar-refractivity contribution in [2.45, 2.75) is 5.92 Å². The average molecular weight is 442 g/mol. The van der Waals surface area contributed by atoms with E-state index in [9.17, 15) is 14.4 Å². The Hall–Kier alpha value is -4.15. The quantitative estimate of drug-likeness (QED) is 0.336. The predicted octanol–water partition coefficient (Wildman–Crippen LogP) is 5.48. The molecule has 0 saturated heterocycles.